The Kier molecular flexibility index (Phi) is 5.11. The highest BCUT2D eigenvalue weighted by Gasteiger charge is 2.13. The predicted octanol–water partition coefficient (Wildman–Crippen LogP) is 3.90. The standard InChI is InChI=1S/C20H22N2O4/c1-12(2)20-22-16-7-5-13(10-18(16)26-20)19(23)21-11-14-9-15(24-3)6-8-17(14)25-4/h5-10,12H,11H2,1-4H3,(H,21,23). The van der Waals surface area contributed by atoms with Gasteiger partial charge in [-0.1, -0.05) is 13.8 Å². The van der Waals surface area contributed by atoms with E-state index in [4.69, 9.17) is 13.9 Å². The summed E-state index contributed by atoms with van der Waals surface area (Å²) in [5, 5.41) is 2.90. The Morgan fingerprint density at radius 2 is 1.96 bits per heavy atom. The summed E-state index contributed by atoms with van der Waals surface area (Å²) in [5.74, 6) is 2.07. The molecule has 0 bridgehead atoms. The number of hydrogen-bond acceptors (Lipinski definition) is 5. The Morgan fingerprint density at radius 1 is 1.15 bits per heavy atom. The summed E-state index contributed by atoms with van der Waals surface area (Å²) in [4.78, 5) is 16.9. The molecule has 1 amide bonds. The van der Waals surface area contributed by atoms with E-state index in [0.29, 0.717) is 35.1 Å². The van der Waals surface area contributed by atoms with Crippen molar-refractivity contribution in [3.8, 4) is 11.5 Å². The zero-order chi connectivity index (χ0) is 18.7. The molecular formula is C20H22N2O4. The van der Waals surface area contributed by atoms with Crippen molar-refractivity contribution in [3.63, 3.8) is 0 Å². The number of hydrogen-bond donors (Lipinski definition) is 1. The number of fused-ring (bicyclic) bond motifs is 1. The van der Waals surface area contributed by atoms with Gasteiger partial charge in [-0.25, -0.2) is 4.98 Å². The lowest BCUT2D eigenvalue weighted by atomic mass is 10.1. The number of nitrogens with one attached hydrogen (secondary N) is 1. The first-order valence-electron chi connectivity index (χ1n) is 8.41. The Hall–Kier alpha value is -3.02. The predicted molar refractivity (Wildman–Crippen MR) is 98.8 cm³/mol. The van der Waals surface area contributed by atoms with Gasteiger partial charge >= 0.3 is 0 Å². The van der Waals surface area contributed by atoms with Gasteiger partial charge in [-0.05, 0) is 36.4 Å². The lowest BCUT2D eigenvalue weighted by Gasteiger charge is -2.11. The Bertz CT molecular complexity index is 931. The molecule has 0 spiro atoms. The van der Waals surface area contributed by atoms with Crippen molar-refractivity contribution in [1.82, 2.24) is 10.3 Å². The third-order valence-electron chi connectivity index (χ3n) is 4.09. The summed E-state index contributed by atoms with van der Waals surface area (Å²) in [6, 6.07) is 10.7. The number of methoxy groups -OCH3 is 2. The van der Waals surface area contributed by atoms with Crippen LogP contribution in [0.25, 0.3) is 11.1 Å². The van der Waals surface area contributed by atoms with E-state index in [0.717, 1.165) is 11.1 Å². The van der Waals surface area contributed by atoms with Crippen molar-refractivity contribution in [3.05, 3.63) is 53.4 Å². The summed E-state index contributed by atoms with van der Waals surface area (Å²) in [6.07, 6.45) is 0. The average Bonchev–Trinajstić information content (AvgIpc) is 3.09. The maximum atomic E-state index is 12.5. The molecule has 0 radical (unpaired) electrons. The fourth-order valence-corrected chi connectivity index (χ4v) is 2.63. The van der Waals surface area contributed by atoms with Crippen LogP contribution in [0.2, 0.25) is 0 Å². The van der Waals surface area contributed by atoms with Crippen LogP contribution in [-0.2, 0) is 6.54 Å². The van der Waals surface area contributed by atoms with E-state index in [1.807, 2.05) is 32.0 Å². The zero-order valence-corrected chi connectivity index (χ0v) is 15.3. The summed E-state index contributed by atoms with van der Waals surface area (Å²) in [7, 11) is 3.19. The van der Waals surface area contributed by atoms with E-state index in [1.54, 1.807) is 32.4 Å². The molecule has 0 atom stereocenters. The van der Waals surface area contributed by atoms with Gasteiger partial charge in [0.1, 0.15) is 17.0 Å². The second-order valence-electron chi connectivity index (χ2n) is 6.25. The SMILES string of the molecule is COc1ccc(OC)c(CNC(=O)c2ccc3nc(C(C)C)oc3c2)c1. The number of carbonyl (C=O) groups is 1. The third kappa shape index (κ3) is 3.64. The molecule has 0 saturated heterocycles. The molecule has 3 aromatic rings. The van der Waals surface area contributed by atoms with E-state index in [2.05, 4.69) is 10.3 Å². The van der Waals surface area contributed by atoms with Gasteiger partial charge in [0.15, 0.2) is 11.5 Å². The molecule has 1 heterocycles. The largest absolute Gasteiger partial charge is 0.497 e. The van der Waals surface area contributed by atoms with Crippen LogP contribution in [0.15, 0.2) is 40.8 Å². The minimum Gasteiger partial charge on any atom is -0.497 e. The number of amides is 1. The highest BCUT2D eigenvalue weighted by atomic mass is 16.5. The molecule has 0 aliphatic heterocycles. The second kappa shape index (κ2) is 7.47. The highest BCUT2D eigenvalue weighted by molar-refractivity contribution is 5.97. The van der Waals surface area contributed by atoms with Crippen molar-refractivity contribution in [2.75, 3.05) is 14.2 Å². The molecule has 1 N–H and O–H groups in total. The van der Waals surface area contributed by atoms with E-state index in [-0.39, 0.29) is 11.8 Å². The van der Waals surface area contributed by atoms with Crippen molar-refractivity contribution in [1.29, 1.82) is 0 Å². The second-order valence-corrected chi connectivity index (χ2v) is 6.25. The van der Waals surface area contributed by atoms with E-state index in [9.17, 15) is 4.79 Å². The van der Waals surface area contributed by atoms with Gasteiger partial charge < -0.3 is 19.2 Å². The van der Waals surface area contributed by atoms with Crippen molar-refractivity contribution < 1.29 is 18.7 Å². The lowest BCUT2D eigenvalue weighted by Crippen LogP contribution is -2.23. The van der Waals surface area contributed by atoms with Crippen LogP contribution in [0.5, 0.6) is 11.5 Å². The van der Waals surface area contributed by atoms with Gasteiger partial charge in [-0.2, -0.15) is 0 Å². The summed E-state index contributed by atoms with van der Waals surface area (Å²) < 4.78 is 16.3. The number of ether oxygens (including phenoxy) is 2. The smallest absolute Gasteiger partial charge is 0.251 e. The molecule has 0 fully saturated rings. The Labute approximate surface area is 152 Å². The number of benzene rings is 2. The number of aromatic nitrogens is 1. The third-order valence-corrected chi connectivity index (χ3v) is 4.09. The minimum absolute atomic E-state index is 0.195. The molecule has 6 heteroatoms. The lowest BCUT2D eigenvalue weighted by molar-refractivity contribution is 0.0950. The normalized spacial score (nSPS) is 11.0. The maximum absolute atomic E-state index is 12.5. The number of rotatable bonds is 6. The van der Waals surface area contributed by atoms with E-state index >= 15 is 0 Å². The van der Waals surface area contributed by atoms with Gasteiger partial charge in [0.05, 0.1) is 14.2 Å². The van der Waals surface area contributed by atoms with Crippen LogP contribution in [0.1, 0.15) is 41.6 Å². The number of oxazole rings is 1. The minimum atomic E-state index is -0.195. The average molecular weight is 354 g/mol. The molecule has 6 nitrogen and oxygen atoms in total. The fourth-order valence-electron chi connectivity index (χ4n) is 2.63. The van der Waals surface area contributed by atoms with Gasteiger partial charge in [0.25, 0.3) is 5.91 Å². The molecule has 2 aromatic carbocycles. The molecule has 0 aliphatic rings. The summed E-state index contributed by atoms with van der Waals surface area (Å²) in [5.41, 5.74) is 2.72. The van der Waals surface area contributed by atoms with Crippen LogP contribution >= 0.6 is 0 Å². The molecule has 0 saturated carbocycles. The van der Waals surface area contributed by atoms with Gasteiger partial charge in [-0.3, -0.25) is 4.79 Å². The molecule has 136 valence electrons. The Balaban J connectivity index is 1.77. The molecule has 0 unspecified atom stereocenters. The van der Waals surface area contributed by atoms with Crippen LogP contribution in [-0.4, -0.2) is 25.1 Å². The van der Waals surface area contributed by atoms with Crippen molar-refractivity contribution >= 4 is 17.0 Å². The molecule has 26 heavy (non-hydrogen) atoms. The number of carbonyl (C=O) groups excluding carboxylic acids is 1. The first kappa shape index (κ1) is 17.8. The van der Waals surface area contributed by atoms with Crippen LogP contribution in [0.3, 0.4) is 0 Å². The summed E-state index contributed by atoms with van der Waals surface area (Å²) >= 11 is 0. The highest BCUT2D eigenvalue weighted by Crippen LogP contribution is 2.24. The summed E-state index contributed by atoms with van der Waals surface area (Å²) in [6.45, 7) is 4.35. The Morgan fingerprint density at radius 3 is 2.65 bits per heavy atom. The molecule has 1 aromatic heterocycles. The first-order chi connectivity index (χ1) is 12.5. The quantitative estimate of drug-likeness (QED) is 0.727. The van der Waals surface area contributed by atoms with Gasteiger partial charge in [0.2, 0.25) is 0 Å². The van der Waals surface area contributed by atoms with Gasteiger partial charge in [0, 0.05) is 23.6 Å². The maximum Gasteiger partial charge on any atom is 0.251 e. The molecule has 3 rings (SSSR count). The molecular weight excluding hydrogens is 332 g/mol. The van der Waals surface area contributed by atoms with Crippen molar-refractivity contribution in [2.24, 2.45) is 0 Å². The van der Waals surface area contributed by atoms with E-state index in [1.165, 1.54) is 0 Å². The van der Waals surface area contributed by atoms with Crippen molar-refractivity contribution in [2.45, 2.75) is 26.3 Å². The topological polar surface area (TPSA) is 73.6 Å². The number of nitrogens with zero attached hydrogens (tertiary/aromatic N) is 1. The first-order valence-corrected chi connectivity index (χ1v) is 8.41. The van der Waals surface area contributed by atoms with Gasteiger partial charge in [-0.15, -0.1) is 0 Å². The van der Waals surface area contributed by atoms with Crippen LogP contribution < -0.4 is 14.8 Å². The van der Waals surface area contributed by atoms with E-state index < -0.39 is 0 Å². The van der Waals surface area contributed by atoms with Crippen LogP contribution in [0, 0.1) is 0 Å². The van der Waals surface area contributed by atoms with Crippen LogP contribution in [0.4, 0.5) is 0 Å². The molecule has 0 aliphatic carbocycles. The zero-order valence-electron chi connectivity index (χ0n) is 15.3. The fraction of sp³-hybridized carbons (Fsp3) is 0.300. The monoisotopic (exact) mass is 354 g/mol.